The molecule has 1 unspecified atom stereocenters. The van der Waals surface area contributed by atoms with Crippen LogP contribution in [0, 0.1) is 0 Å². The molecule has 110 valence electrons. The Hall–Kier alpha value is -1.80. The van der Waals surface area contributed by atoms with Crippen molar-refractivity contribution in [2.24, 2.45) is 0 Å². The van der Waals surface area contributed by atoms with Crippen LogP contribution in [0.3, 0.4) is 0 Å². The Kier molecular flexibility index (Phi) is 3.73. The second-order valence-electron chi connectivity index (χ2n) is 6.68. The number of anilines is 1. The molecule has 0 saturated carbocycles. The molecule has 2 nitrogen and oxygen atoms in total. The van der Waals surface area contributed by atoms with Crippen LogP contribution in [0.25, 0.3) is 0 Å². The first-order valence-electron chi connectivity index (χ1n) is 7.73. The fourth-order valence-corrected chi connectivity index (χ4v) is 3.22. The standard InChI is InChI=1S/C19H24N2/c1-19(2,15-6-4-3-5-7-15)13-21-18-11-8-14-12-16(20)9-10-17(14)18/h3-7,9-10,12,18,21H,8,11,13,20H2,1-2H3. The highest BCUT2D eigenvalue weighted by molar-refractivity contribution is 5.47. The second kappa shape index (κ2) is 5.53. The molecule has 0 heterocycles. The van der Waals surface area contributed by atoms with Gasteiger partial charge in [-0.25, -0.2) is 0 Å². The molecule has 2 heteroatoms. The van der Waals surface area contributed by atoms with Gasteiger partial charge in [0.15, 0.2) is 0 Å². The van der Waals surface area contributed by atoms with E-state index in [2.05, 4.69) is 61.6 Å². The third kappa shape index (κ3) is 2.96. The van der Waals surface area contributed by atoms with Gasteiger partial charge >= 0.3 is 0 Å². The van der Waals surface area contributed by atoms with E-state index in [9.17, 15) is 0 Å². The van der Waals surface area contributed by atoms with E-state index in [0.29, 0.717) is 6.04 Å². The smallest absolute Gasteiger partial charge is 0.0326 e. The van der Waals surface area contributed by atoms with E-state index in [-0.39, 0.29) is 5.41 Å². The molecule has 0 radical (unpaired) electrons. The Bertz CT molecular complexity index is 617. The van der Waals surface area contributed by atoms with Crippen LogP contribution in [0.5, 0.6) is 0 Å². The van der Waals surface area contributed by atoms with Crippen molar-refractivity contribution in [1.29, 1.82) is 0 Å². The highest BCUT2D eigenvalue weighted by atomic mass is 14.9. The van der Waals surface area contributed by atoms with E-state index in [1.807, 2.05) is 6.07 Å². The highest BCUT2D eigenvalue weighted by Gasteiger charge is 2.26. The van der Waals surface area contributed by atoms with Gasteiger partial charge in [-0.3, -0.25) is 0 Å². The van der Waals surface area contributed by atoms with Crippen LogP contribution >= 0.6 is 0 Å². The summed E-state index contributed by atoms with van der Waals surface area (Å²) in [5.74, 6) is 0. The Morgan fingerprint density at radius 2 is 1.90 bits per heavy atom. The van der Waals surface area contributed by atoms with E-state index in [4.69, 9.17) is 5.73 Å². The minimum Gasteiger partial charge on any atom is -0.399 e. The lowest BCUT2D eigenvalue weighted by molar-refractivity contribution is 0.421. The zero-order valence-electron chi connectivity index (χ0n) is 12.9. The topological polar surface area (TPSA) is 38.0 Å². The number of nitrogen functional groups attached to an aromatic ring is 1. The second-order valence-corrected chi connectivity index (χ2v) is 6.68. The molecular formula is C19H24N2. The van der Waals surface area contributed by atoms with Crippen molar-refractivity contribution in [3.05, 3.63) is 65.2 Å². The molecule has 1 atom stereocenters. The zero-order chi connectivity index (χ0) is 14.9. The maximum Gasteiger partial charge on any atom is 0.0326 e. The number of aryl methyl sites for hydroxylation is 1. The van der Waals surface area contributed by atoms with Crippen molar-refractivity contribution >= 4 is 5.69 Å². The first-order valence-corrected chi connectivity index (χ1v) is 7.73. The number of rotatable bonds is 4. The molecule has 1 aliphatic rings. The minimum absolute atomic E-state index is 0.137. The molecule has 2 aromatic rings. The highest BCUT2D eigenvalue weighted by Crippen LogP contribution is 2.33. The summed E-state index contributed by atoms with van der Waals surface area (Å²) in [7, 11) is 0. The number of hydrogen-bond acceptors (Lipinski definition) is 2. The summed E-state index contributed by atoms with van der Waals surface area (Å²) < 4.78 is 0. The quantitative estimate of drug-likeness (QED) is 0.835. The first-order chi connectivity index (χ1) is 10.1. The van der Waals surface area contributed by atoms with E-state index >= 15 is 0 Å². The SMILES string of the molecule is CC(C)(CNC1CCc2cc(N)ccc21)c1ccccc1. The third-order valence-electron chi connectivity index (χ3n) is 4.59. The van der Waals surface area contributed by atoms with Gasteiger partial charge in [0.25, 0.3) is 0 Å². The van der Waals surface area contributed by atoms with Gasteiger partial charge in [-0.1, -0.05) is 50.2 Å². The van der Waals surface area contributed by atoms with Gasteiger partial charge in [0.05, 0.1) is 0 Å². The van der Waals surface area contributed by atoms with Gasteiger partial charge in [0.2, 0.25) is 0 Å². The van der Waals surface area contributed by atoms with Crippen LogP contribution in [0.2, 0.25) is 0 Å². The number of fused-ring (bicyclic) bond motifs is 1. The molecule has 0 aliphatic heterocycles. The van der Waals surface area contributed by atoms with Gasteiger partial charge in [0.1, 0.15) is 0 Å². The van der Waals surface area contributed by atoms with Crippen molar-refractivity contribution in [2.45, 2.75) is 38.1 Å². The predicted molar refractivity (Wildman–Crippen MR) is 89.4 cm³/mol. The van der Waals surface area contributed by atoms with Crippen molar-refractivity contribution < 1.29 is 0 Å². The largest absolute Gasteiger partial charge is 0.399 e. The molecule has 0 bridgehead atoms. The predicted octanol–water partition coefficient (Wildman–Crippen LogP) is 3.82. The van der Waals surface area contributed by atoms with Crippen LogP contribution < -0.4 is 11.1 Å². The molecule has 2 aromatic carbocycles. The van der Waals surface area contributed by atoms with Crippen LogP contribution in [-0.2, 0) is 11.8 Å². The lowest BCUT2D eigenvalue weighted by Crippen LogP contribution is -2.34. The van der Waals surface area contributed by atoms with E-state index in [1.165, 1.54) is 23.1 Å². The van der Waals surface area contributed by atoms with Crippen molar-refractivity contribution in [2.75, 3.05) is 12.3 Å². The van der Waals surface area contributed by atoms with Crippen molar-refractivity contribution in [1.82, 2.24) is 5.32 Å². The van der Waals surface area contributed by atoms with Gasteiger partial charge in [-0.2, -0.15) is 0 Å². The van der Waals surface area contributed by atoms with Crippen LogP contribution in [0.1, 0.15) is 43.0 Å². The maximum absolute atomic E-state index is 5.88. The lowest BCUT2D eigenvalue weighted by Gasteiger charge is -2.28. The Balaban J connectivity index is 1.70. The normalized spacial score (nSPS) is 17.7. The Morgan fingerprint density at radius 3 is 2.67 bits per heavy atom. The molecule has 0 aromatic heterocycles. The molecule has 0 fully saturated rings. The van der Waals surface area contributed by atoms with Gasteiger partial charge in [-0.15, -0.1) is 0 Å². The molecule has 3 N–H and O–H groups in total. The van der Waals surface area contributed by atoms with E-state index in [1.54, 1.807) is 0 Å². The molecule has 3 rings (SSSR count). The lowest BCUT2D eigenvalue weighted by atomic mass is 9.84. The van der Waals surface area contributed by atoms with E-state index < -0.39 is 0 Å². The van der Waals surface area contributed by atoms with Crippen LogP contribution in [0.4, 0.5) is 5.69 Å². The molecule has 1 aliphatic carbocycles. The van der Waals surface area contributed by atoms with Crippen molar-refractivity contribution in [3.8, 4) is 0 Å². The average molecular weight is 280 g/mol. The summed E-state index contributed by atoms with van der Waals surface area (Å²) in [6, 6.07) is 17.5. The monoisotopic (exact) mass is 280 g/mol. The van der Waals surface area contributed by atoms with Crippen molar-refractivity contribution in [3.63, 3.8) is 0 Å². The summed E-state index contributed by atoms with van der Waals surface area (Å²) in [5.41, 5.74) is 11.1. The first kappa shape index (κ1) is 14.2. The summed E-state index contributed by atoms with van der Waals surface area (Å²) in [5, 5.41) is 3.76. The number of nitrogens with one attached hydrogen (secondary N) is 1. The molecular weight excluding hydrogens is 256 g/mol. The summed E-state index contributed by atoms with van der Waals surface area (Å²) >= 11 is 0. The number of benzene rings is 2. The fraction of sp³-hybridized carbons (Fsp3) is 0.368. The number of nitrogens with two attached hydrogens (primary N) is 1. The van der Waals surface area contributed by atoms with Gasteiger partial charge in [0, 0.05) is 23.7 Å². The van der Waals surface area contributed by atoms with Crippen LogP contribution in [0.15, 0.2) is 48.5 Å². The Labute approximate surface area is 127 Å². The zero-order valence-corrected chi connectivity index (χ0v) is 12.9. The number of hydrogen-bond donors (Lipinski definition) is 2. The molecule has 21 heavy (non-hydrogen) atoms. The van der Waals surface area contributed by atoms with Gasteiger partial charge < -0.3 is 11.1 Å². The molecule has 0 spiro atoms. The summed E-state index contributed by atoms with van der Waals surface area (Å²) in [6.07, 6.45) is 2.30. The molecule has 0 saturated heterocycles. The third-order valence-corrected chi connectivity index (χ3v) is 4.59. The fourth-order valence-electron chi connectivity index (χ4n) is 3.22. The van der Waals surface area contributed by atoms with Gasteiger partial charge in [-0.05, 0) is 41.7 Å². The molecule has 0 amide bonds. The average Bonchev–Trinajstić information content (AvgIpc) is 2.88. The Morgan fingerprint density at radius 1 is 1.14 bits per heavy atom. The summed E-state index contributed by atoms with van der Waals surface area (Å²) in [6.45, 7) is 5.58. The van der Waals surface area contributed by atoms with E-state index in [0.717, 1.165) is 18.7 Å². The summed E-state index contributed by atoms with van der Waals surface area (Å²) in [4.78, 5) is 0. The maximum atomic E-state index is 5.88. The van der Waals surface area contributed by atoms with Crippen LogP contribution in [-0.4, -0.2) is 6.54 Å². The minimum atomic E-state index is 0.137.